The van der Waals surface area contributed by atoms with E-state index in [-0.39, 0.29) is 17.6 Å². The minimum atomic E-state index is -0.287. The summed E-state index contributed by atoms with van der Waals surface area (Å²) < 4.78 is 13.4. The third-order valence-corrected chi connectivity index (χ3v) is 5.16. The number of anilines is 2. The average Bonchev–Trinajstić information content (AvgIpc) is 2.74. The van der Waals surface area contributed by atoms with E-state index in [0.29, 0.717) is 12.5 Å². The Morgan fingerprint density at radius 2 is 1.90 bits per heavy atom. The van der Waals surface area contributed by atoms with Gasteiger partial charge in [-0.2, -0.15) is 0 Å². The number of nitrogens with one attached hydrogen (secondary N) is 1. The van der Waals surface area contributed by atoms with Gasteiger partial charge in [-0.15, -0.1) is 0 Å². The molecule has 4 rings (SSSR count). The Bertz CT molecular complexity index is 1010. The van der Waals surface area contributed by atoms with E-state index in [2.05, 4.69) is 15.3 Å². The van der Waals surface area contributed by atoms with Gasteiger partial charge in [-0.3, -0.25) is 4.79 Å². The molecule has 2 aromatic carbocycles. The number of halogens is 1. The van der Waals surface area contributed by atoms with Crippen LogP contribution in [0.15, 0.2) is 60.9 Å². The fourth-order valence-corrected chi connectivity index (χ4v) is 3.64. The topological polar surface area (TPSA) is 58.1 Å². The highest BCUT2D eigenvalue weighted by Gasteiger charge is 2.27. The maximum absolute atomic E-state index is 13.4. The first-order valence-electron chi connectivity index (χ1n) is 9.79. The van der Waals surface area contributed by atoms with Gasteiger partial charge in [-0.1, -0.05) is 24.3 Å². The molecule has 5 nitrogen and oxygen atoms in total. The molecule has 1 aliphatic rings. The first-order chi connectivity index (χ1) is 14.1. The second-order valence-corrected chi connectivity index (χ2v) is 7.43. The minimum absolute atomic E-state index is 0.0247. The number of benzene rings is 2. The van der Waals surface area contributed by atoms with Crippen LogP contribution in [0, 0.1) is 18.7 Å². The van der Waals surface area contributed by atoms with Crippen LogP contribution in [0.3, 0.4) is 0 Å². The van der Waals surface area contributed by atoms with Crippen LogP contribution in [0.4, 0.5) is 16.0 Å². The van der Waals surface area contributed by atoms with Gasteiger partial charge in [0.05, 0.1) is 5.92 Å². The molecule has 0 saturated carbocycles. The van der Waals surface area contributed by atoms with Crippen molar-refractivity contribution in [1.82, 2.24) is 9.97 Å². The van der Waals surface area contributed by atoms with Gasteiger partial charge in [0.1, 0.15) is 5.82 Å². The lowest BCUT2D eigenvalue weighted by atomic mass is 9.97. The van der Waals surface area contributed by atoms with Gasteiger partial charge in [0.25, 0.3) is 0 Å². The van der Waals surface area contributed by atoms with Crippen LogP contribution in [-0.4, -0.2) is 29.0 Å². The van der Waals surface area contributed by atoms with E-state index in [1.807, 2.05) is 42.2 Å². The third-order valence-electron chi connectivity index (χ3n) is 5.16. The lowest BCUT2D eigenvalue weighted by molar-refractivity contribution is -0.120. The summed E-state index contributed by atoms with van der Waals surface area (Å²) in [6.45, 7) is 3.40. The molecule has 1 N–H and O–H groups in total. The van der Waals surface area contributed by atoms with E-state index < -0.39 is 0 Å². The molecular weight excluding hydrogens is 367 g/mol. The molecule has 1 aromatic heterocycles. The lowest BCUT2D eigenvalue weighted by Crippen LogP contribution is -2.41. The Morgan fingerprint density at radius 3 is 2.66 bits per heavy atom. The smallest absolute Gasteiger partial charge is 0.229 e. The van der Waals surface area contributed by atoms with Gasteiger partial charge in [-0.05, 0) is 55.2 Å². The maximum Gasteiger partial charge on any atom is 0.229 e. The van der Waals surface area contributed by atoms with Crippen LogP contribution in [0.5, 0.6) is 0 Å². The van der Waals surface area contributed by atoms with Crippen LogP contribution in [0.1, 0.15) is 18.4 Å². The van der Waals surface area contributed by atoms with E-state index in [9.17, 15) is 9.18 Å². The molecule has 1 amide bonds. The molecule has 0 aliphatic carbocycles. The summed E-state index contributed by atoms with van der Waals surface area (Å²) in [5.74, 6) is 0.218. The number of carbonyl (C=O) groups is 1. The highest BCUT2D eigenvalue weighted by atomic mass is 19.1. The summed E-state index contributed by atoms with van der Waals surface area (Å²) in [5, 5.41) is 3.02. The SMILES string of the molecule is Cc1cccc(NC(=O)[C@@H]2CCCN(c3ncc(-c4cccc(F)c4)cn3)C2)c1. The molecule has 148 valence electrons. The van der Waals surface area contributed by atoms with Gasteiger partial charge in [-0.25, -0.2) is 14.4 Å². The van der Waals surface area contributed by atoms with Crippen molar-refractivity contribution in [3.63, 3.8) is 0 Å². The van der Waals surface area contributed by atoms with Crippen molar-refractivity contribution in [1.29, 1.82) is 0 Å². The molecule has 0 spiro atoms. The summed E-state index contributed by atoms with van der Waals surface area (Å²) in [6, 6.07) is 14.2. The van der Waals surface area contributed by atoms with Crippen LogP contribution < -0.4 is 10.2 Å². The Hall–Kier alpha value is -3.28. The molecule has 2 heterocycles. The quantitative estimate of drug-likeness (QED) is 0.715. The van der Waals surface area contributed by atoms with E-state index in [4.69, 9.17) is 0 Å². The average molecular weight is 390 g/mol. The molecule has 0 bridgehead atoms. The van der Waals surface area contributed by atoms with E-state index in [0.717, 1.165) is 41.8 Å². The van der Waals surface area contributed by atoms with Crippen LogP contribution >= 0.6 is 0 Å². The van der Waals surface area contributed by atoms with E-state index in [1.165, 1.54) is 12.1 Å². The number of nitrogens with zero attached hydrogens (tertiary/aromatic N) is 3. The summed E-state index contributed by atoms with van der Waals surface area (Å²) in [7, 11) is 0. The van der Waals surface area contributed by atoms with Gasteiger partial charge >= 0.3 is 0 Å². The molecule has 1 aliphatic heterocycles. The van der Waals surface area contributed by atoms with Crippen LogP contribution in [-0.2, 0) is 4.79 Å². The zero-order valence-corrected chi connectivity index (χ0v) is 16.3. The summed E-state index contributed by atoms with van der Waals surface area (Å²) in [6.07, 6.45) is 5.15. The summed E-state index contributed by atoms with van der Waals surface area (Å²) in [4.78, 5) is 23.7. The third kappa shape index (κ3) is 4.59. The number of carbonyl (C=O) groups excluding carboxylic acids is 1. The fourth-order valence-electron chi connectivity index (χ4n) is 3.64. The lowest BCUT2D eigenvalue weighted by Gasteiger charge is -2.32. The number of hydrogen-bond donors (Lipinski definition) is 1. The highest BCUT2D eigenvalue weighted by molar-refractivity contribution is 5.93. The molecule has 6 heteroatoms. The maximum atomic E-state index is 13.4. The standard InChI is InChI=1S/C23H23FN4O/c1-16-5-2-9-21(11-16)27-22(29)18-7-4-10-28(15-18)23-25-13-19(14-26-23)17-6-3-8-20(24)12-17/h2-3,5-6,8-9,11-14,18H,4,7,10,15H2,1H3,(H,27,29)/t18-/m1/s1. The molecular formula is C23H23FN4O. The minimum Gasteiger partial charge on any atom is -0.340 e. The monoisotopic (exact) mass is 390 g/mol. The second-order valence-electron chi connectivity index (χ2n) is 7.43. The Morgan fingerprint density at radius 1 is 1.10 bits per heavy atom. The summed E-state index contributed by atoms with van der Waals surface area (Å²) >= 11 is 0. The largest absolute Gasteiger partial charge is 0.340 e. The predicted molar refractivity (Wildman–Crippen MR) is 112 cm³/mol. The zero-order chi connectivity index (χ0) is 20.2. The highest BCUT2D eigenvalue weighted by Crippen LogP contribution is 2.24. The molecule has 1 saturated heterocycles. The number of aryl methyl sites for hydroxylation is 1. The fraction of sp³-hybridized carbons (Fsp3) is 0.261. The second kappa shape index (κ2) is 8.39. The first-order valence-corrected chi connectivity index (χ1v) is 9.79. The van der Waals surface area contributed by atoms with E-state index in [1.54, 1.807) is 18.5 Å². The zero-order valence-electron chi connectivity index (χ0n) is 16.3. The van der Waals surface area contributed by atoms with Crippen molar-refractivity contribution in [3.05, 3.63) is 72.3 Å². The van der Waals surface area contributed by atoms with Gasteiger partial charge in [0, 0.05) is 36.7 Å². The van der Waals surface area contributed by atoms with Crippen molar-refractivity contribution >= 4 is 17.5 Å². The van der Waals surface area contributed by atoms with Crippen LogP contribution in [0.2, 0.25) is 0 Å². The number of amides is 1. The Labute approximate surface area is 169 Å². The molecule has 3 aromatic rings. The van der Waals surface area contributed by atoms with Gasteiger partial charge in [0.2, 0.25) is 11.9 Å². The van der Waals surface area contributed by atoms with Crippen molar-refractivity contribution < 1.29 is 9.18 Å². The van der Waals surface area contributed by atoms with Crippen molar-refractivity contribution in [2.24, 2.45) is 5.92 Å². The van der Waals surface area contributed by atoms with Crippen LogP contribution in [0.25, 0.3) is 11.1 Å². The van der Waals surface area contributed by atoms with Crippen molar-refractivity contribution in [3.8, 4) is 11.1 Å². The molecule has 1 fully saturated rings. The Kier molecular flexibility index (Phi) is 5.51. The molecule has 0 unspecified atom stereocenters. The molecule has 29 heavy (non-hydrogen) atoms. The normalized spacial score (nSPS) is 16.5. The van der Waals surface area contributed by atoms with Crippen molar-refractivity contribution in [2.45, 2.75) is 19.8 Å². The van der Waals surface area contributed by atoms with Crippen molar-refractivity contribution in [2.75, 3.05) is 23.3 Å². The number of piperidine rings is 1. The van der Waals surface area contributed by atoms with Gasteiger partial charge in [0.15, 0.2) is 0 Å². The first kappa shape index (κ1) is 19.1. The number of hydrogen-bond acceptors (Lipinski definition) is 4. The predicted octanol–water partition coefficient (Wildman–Crippen LogP) is 4.45. The number of aromatic nitrogens is 2. The van der Waals surface area contributed by atoms with E-state index >= 15 is 0 Å². The Balaban J connectivity index is 1.43. The molecule has 1 atom stereocenters. The van der Waals surface area contributed by atoms with Gasteiger partial charge < -0.3 is 10.2 Å². The molecule has 0 radical (unpaired) electrons. The summed E-state index contributed by atoms with van der Waals surface area (Å²) in [5.41, 5.74) is 3.44. The number of rotatable bonds is 4.